The van der Waals surface area contributed by atoms with E-state index in [9.17, 15) is 0 Å². The molecule has 0 radical (unpaired) electrons. The first-order valence-corrected chi connectivity index (χ1v) is 6.91. The van der Waals surface area contributed by atoms with Crippen LogP contribution in [0, 0.1) is 0 Å². The molecule has 2 nitrogen and oxygen atoms in total. The number of furan rings is 1. The molecule has 1 saturated heterocycles. The Hall–Kier alpha value is -0.760. The highest BCUT2D eigenvalue weighted by atomic mass is 16.3. The first kappa shape index (κ1) is 11.3. The number of hydrogen-bond acceptors (Lipinski definition) is 2. The second kappa shape index (κ2) is 3.88. The first-order valence-electron chi connectivity index (χ1n) is 6.91. The van der Waals surface area contributed by atoms with Gasteiger partial charge in [0.2, 0.25) is 0 Å². The molecule has 3 rings (SSSR count). The number of nitrogens with zero attached hydrogens (tertiary/aromatic N) is 1. The van der Waals surface area contributed by atoms with E-state index >= 15 is 0 Å². The summed E-state index contributed by atoms with van der Waals surface area (Å²) < 4.78 is 5.83. The molecule has 1 aromatic rings. The Kier molecular flexibility index (Phi) is 2.58. The number of rotatable bonds is 2. The molecule has 0 N–H and O–H groups in total. The number of likely N-dealkylation sites (tertiary alicyclic amines) is 1. The molecule has 2 heterocycles. The first-order chi connectivity index (χ1) is 8.07. The minimum atomic E-state index is 0.245. The lowest BCUT2D eigenvalue weighted by Gasteiger charge is -2.36. The van der Waals surface area contributed by atoms with Gasteiger partial charge in [0, 0.05) is 5.54 Å². The zero-order valence-corrected chi connectivity index (χ0v) is 11.2. The van der Waals surface area contributed by atoms with Crippen LogP contribution in [0.5, 0.6) is 0 Å². The predicted molar refractivity (Wildman–Crippen MR) is 69.1 cm³/mol. The fourth-order valence-electron chi connectivity index (χ4n) is 3.18. The molecular weight excluding hydrogens is 210 g/mol. The van der Waals surface area contributed by atoms with Gasteiger partial charge in [-0.3, -0.25) is 4.90 Å². The molecule has 1 aliphatic carbocycles. The molecule has 1 saturated carbocycles. The van der Waals surface area contributed by atoms with E-state index in [4.69, 9.17) is 4.42 Å². The minimum Gasteiger partial charge on any atom is -0.467 e. The third kappa shape index (κ3) is 2.03. The molecule has 0 bridgehead atoms. The van der Waals surface area contributed by atoms with Crippen LogP contribution in [0.1, 0.15) is 69.7 Å². The normalized spacial score (nSPS) is 26.6. The van der Waals surface area contributed by atoms with E-state index in [2.05, 4.69) is 31.7 Å². The fraction of sp³-hybridized carbons (Fsp3) is 0.733. The van der Waals surface area contributed by atoms with Gasteiger partial charge in [-0.15, -0.1) is 0 Å². The maximum atomic E-state index is 5.83. The van der Waals surface area contributed by atoms with Gasteiger partial charge in [-0.25, -0.2) is 0 Å². The smallest absolute Gasteiger partial charge is 0.124 e. The third-order valence-corrected chi connectivity index (χ3v) is 4.16. The summed E-state index contributed by atoms with van der Waals surface area (Å²) >= 11 is 0. The van der Waals surface area contributed by atoms with Gasteiger partial charge in [0.05, 0.1) is 12.3 Å². The molecule has 0 aromatic carbocycles. The monoisotopic (exact) mass is 233 g/mol. The Bertz CT molecular complexity index is 397. The van der Waals surface area contributed by atoms with Crippen molar-refractivity contribution in [3.8, 4) is 0 Å². The lowest BCUT2D eigenvalue weighted by Crippen LogP contribution is -2.40. The van der Waals surface area contributed by atoms with E-state index < -0.39 is 0 Å². The van der Waals surface area contributed by atoms with Gasteiger partial charge in [0.15, 0.2) is 0 Å². The lowest BCUT2D eigenvalue weighted by molar-refractivity contribution is 0.108. The molecule has 2 fully saturated rings. The van der Waals surface area contributed by atoms with E-state index in [0.717, 1.165) is 5.92 Å². The molecular formula is C15H23NO. The quantitative estimate of drug-likeness (QED) is 0.765. The molecule has 1 aromatic heterocycles. The predicted octanol–water partition coefficient (Wildman–Crippen LogP) is 4.09. The van der Waals surface area contributed by atoms with Crippen molar-refractivity contribution < 1.29 is 4.42 Å². The Labute approximate surface area is 104 Å². The topological polar surface area (TPSA) is 16.4 Å². The highest BCUT2D eigenvalue weighted by Gasteiger charge is 2.39. The van der Waals surface area contributed by atoms with Crippen LogP contribution in [0.25, 0.3) is 0 Å². The zero-order valence-electron chi connectivity index (χ0n) is 11.2. The van der Waals surface area contributed by atoms with Crippen molar-refractivity contribution in [3.63, 3.8) is 0 Å². The summed E-state index contributed by atoms with van der Waals surface area (Å²) in [5.74, 6) is 2.06. The summed E-state index contributed by atoms with van der Waals surface area (Å²) in [5, 5.41) is 0. The van der Waals surface area contributed by atoms with Crippen LogP contribution < -0.4 is 0 Å². The van der Waals surface area contributed by atoms with Crippen molar-refractivity contribution in [2.75, 3.05) is 6.54 Å². The van der Waals surface area contributed by atoms with Crippen molar-refractivity contribution in [1.82, 2.24) is 4.90 Å². The number of hydrogen-bond donors (Lipinski definition) is 0. The van der Waals surface area contributed by atoms with Crippen molar-refractivity contribution in [1.29, 1.82) is 0 Å². The summed E-state index contributed by atoms with van der Waals surface area (Å²) in [7, 11) is 0. The van der Waals surface area contributed by atoms with Gasteiger partial charge in [0.25, 0.3) is 0 Å². The van der Waals surface area contributed by atoms with Crippen molar-refractivity contribution in [2.45, 2.75) is 64.0 Å². The summed E-state index contributed by atoms with van der Waals surface area (Å²) in [6.45, 7) is 8.14. The summed E-state index contributed by atoms with van der Waals surface area (Å²) in [5.41, 5.74) is 1.74. The van der Waals surface area contributed by atoms with Crippen LogP contribution in [0.4, 0.5) is 0 Å². The molecule has 0 amide bonds. The molecule has 1 aliphatic heterocycles. The van der Waals surface area contributed by atoms with E-state index in [0.29, 0.717) is 6.04 Å². The maximum Gasteiger partial charge on any atom is 0.124 e. The Morgan fingerprint density at radius 2 is 2.00 bits per heavy atom. The van der Waals surface area contributed by atoms with Gasteiger partial charge in [-0.05, 0) is 70.5 Å². The maximum absolute atomic E-state index is 5.83. The summed E-state index contributed by atoms with van der Waals surface area (Å²) in [4.78, 5) is 2.61. The van der Waals surface area contributed by atoms with Gasteiger partial charge in [-0.1, -0.05) is 0 Å². The Morgan fingerprint density at radius 3 is 2.65 bits per heavy atom. The van der Waals surface area contributed by atoms with E-state index in [-0.39, 0.29) is 5.54 Å². The molecule has 2 aliphatic rings. The average Bonchev–Trinajstić information content (AvgIpc) is 2.81. The second-order valence-electron chi connectivity index (χ2n) is 6.54. The zero-order chi connectivity index (χ0) is 12.0. The molecule has 0 spiro atoms. The van der Waals surface area contributed by atoms with Crippen LogP contribution in [-0.2, 0) is 0 Å². The van der Waals surface area contributed by atoms with Crippen LogP contribution in [0.3, 0.4) is 0 Å². The van der Waals surface area contributed by atoms with Crippen LogP contribution in [0.2, 0.25) is 0 Å². The standard InChI is InChI=1S/C15H23NO/c1-15(2,3)16-9-4-5-13(16)14-12(8-10-17-14)11-6-7-11/h8,10-11,13H,4-7,9H2,1-3H3. The Balaban J connectivity index is 1.89. The van der Waals surface area contributed by atoms with Crippen LogP contribution >= 0.6 is 0 Å². The highest BCUT2D eigenvalue weighted by molar-refractivity contribution is 5.29. The molecule has 1 unspecified atom stereocenters. The van der Waals surface area contributed by atoms with Crippen molar-refractivity contribution in [3.05, 3.63) is 23.7 Å². The van der Waals surface area contributed by atoms with Gasteiger partial charge in [-0.2, -0.15) is 0 Å². The van der Waals surface area contributed by atoms with Crippen molar-refractivity contribution >= 4 is 0 Å². The minimum absolute atomic E-state index is 0.245. The highest BCUT2D eigenvalue weighted by Crippen LogP contribution is 2.47. The summed E-state index contributed by atoms with van der Waals surface area (Å²) in [6.07, 6.45) is 7.16. The Morgan fingerprint density at radius 1 is 1.24 bits per heavy atom. The molecule has 1 atom stereocenters. The molecule has 2 heteroatoms. The van der Waals surface area contributed by atoms with E-state index in [1.165, 1.54) is 43.6 Å². The van der Waals surface area contributed by atoms with Crippen LogP contribution in [-0.4, -0.2) is 17.0 Å². The van der Waals surface area contributed by atoms with Gasteiger partial charge < -0.3 is 4.42 Å². The lowest BCUT2D eigenvalue weighted by atomic mass is 10.00. The van der Waals surface area contributed by atoms with Crippen molar-refractivity contribution in [2.24, 2.45) is 0 Å². The van der Waals surface area contributed by atoms with E-state index in [1.54, 1.807) is 0 Å². The fourth-order valence-corrected chi connectivity index (χ4v) is 3.18. The molecule has 94 valence electrons. The van der Waals surface area contributed by atoms with E-state index in [1.807, 2.05) is 6.26 Å². The SMILES string of the molecule is CC(C)(C)N1CCCC1c1occc1C1CC1. The van der Waals surface area contributed by atoms with Crippen LogP contribution in [0.15, 0.2) is 16.7 Å². The molecule has 17 heavy (non-hydrogen) atoms. The summed E-state index contributed by atoms with van der Waals surface area (Å²) in [6, 6.07) is 2.71. The third-order valence-electron chi connectivity index (χ3n) is 4.16. The average molecular weight is 233 g/mol. The van der Waals surface area contributed by atoms with Gasteiger partial charge >= 0.3 is 0 Å². The second-order valence-corrected chi connectivity index (χ2v) is 6.54. The largest absolute Gasteiger partial charge is 0.467 e. The van der Waals surface area contributed by atoms with Gasteiger partial charge in [0.1, 0.15) is 5.76 Å².